The van der Waals surface area contributed by atoms with E-state index < -0.39 is 0 Å². The van der Waals surface area contributed by atoms with Crippen LogP contribution in [0.3, 0.4) is 0 Å². The highest BCUT2D eigenvalue weighted by atomic mass is 35.5. The number of rotatable bonds is 4. The number of nitrogens with zero attached hydrogens (tertiary/aromatic N) is 2. The molecule has 1 aliphatic heterocycles. The highest BCUT2D eigenvalue weighted by Gasteiger charge is 2.37. The lowest BCUT2D eigenvalue weighted by atomic mass is 10.1. The van der Waals surface area contributed by atoms with Gasteiger partial charge in [0, 0.05) is 0 Å². The number of carbonyl (C=O) groups is 1. The van der Waals surface area contributed by atoms with Gasteiger partial charge in [0.1, 0.15) is 0 Å². The summed E-state index contributed by atoms with van der Waals surface area (Å²) in [5.74, 6) is -0.109. The summed E-state index contributed by atoms with van der Waals surface area (Å²) in [6, 6.07) is 24.7. The molecule has 1 fully saturated rings. The third-order valence-electron chi connectivity index (χ3n) is 4.76. The number of amides is 1. The molecule has 0 N–H and O–H groups in total. The van der Waals surface area contributed by atoms with Gasteiger partial charge >= 0.3 is 0 Å². The Hall–Kier alpha value is -2.53. The number of carbonyl (C=O) groups excluding carboxylic acids is 1. The van der Waals surface area contributed by atoms with E-state index in [0.717, 1.165) is 11.3 Å². The number of hydrogen-bond acceptors (Lipinski definition) is 3. The molecule has 1 aliphatic rings. The van der Waals surface area contributed by atoms with Gasteiger partial charge in [0.15, 0.2) is 5.17 Å². The summed E-state index contributed by atoms with van der Waals surface area (Å²) in [6.07, 6.45) is 1.78. The molecule has 3 aromatic rings. The van der Waals surface area contributed by atoms with Crippen LogP contribution in [0.25, 0.3) is 6.08 Å². The van der Waals surface area contributed by atoms with Crippen molar-refractivity contribution in [3.8, 4) is 0 Å². The van der Waals surface area contributed by atoms with Gasteiger partial charge in [-0.25, -0.2) is 4.99 Å². The van der Waals surface area contributed by atoms with Crippen molar-refractivity contribution in [1.82, 2.24) is 4.90 Å². The fourth-order valence-corrected chi connectivity index (χ4v) is 4.59. The first-order valence-corrected chi connectivity index (χ1v) is 11.0. The molecule has 150 valence electrons. The van der Waals surface area contributed by atoms with Crippen molar-refractivity contribution in [2.24, 2.45) is 4.99 Å². The van der Waals surface area contributed by atoms with E-state index >= 15 is 0 Å². The summed E-state index contributed by atoms with van der Waals surface area (Å²) >= 11 is 13.8. The summed E-state index contributed by atoms with van der Waals surface area (Å²) in [5, 5.41) is 1.51. The van der Waals surface area contributed by atoms with Crippen LogP contribution in [0.5, 0.6) is 0 Å². The van der Waals surface area contributed by atoms with Gasteiger partial charge in [-0.3, -0.25) is 9.69 Å². The summed E-state index contributed by atoms with van der Waals surface area (Å²) in [7, 11) is 0. The van der Waals surface area contributed by atoms with Crippen LogP contribution in [0.1, 0.15) is 24.1 Å². The Morgan fingerprint density at radius 3 is 2.30 bits per heavy atom. The molecule has 0 saturated carbocycles. The average molecular weight is 453 g/mol. The van der Waals surface area contributed by atoms with Crippen molar-refractivity contribution >= 4 is 57.8 Å². The lowest BCUT2D eigenvalue weighted by Gasteiger charge is -2.24. The van der Waals surface area contributed by atoms with E-state index in [-0.39, 0.29) is 11.9 Å². The zero-order valence-electron chi connectivity index (χ0n) is 16.1. The fraction of sp³-hybridized carbons (Fsp3) is 0.0833. The minimum absolute atomic E-state index is 0.109. The Labute approximate surface area is 190 Å². The van der Waals surface area contributed by atoms with E-state index in [0.29, 0.717) is 25.7 Å². The summed E-state index contributed by atoms with van der Waals surface area (Å²) in [4.78, 5) is 20.4. The third kappa shape index (κ3) is 4.31. The van der Waals surface area contributed by atoms with Gasteiger partial charge in [-0.05, 0) is 54.1 Å². The van der Waals surface area contributed by atoms with Crippen molar-refractivity contribution in [2.45, 2.75) is 13.0 Å². The molecule has 0 unspecified atom stereocenters. The maximum atomic E-state index is 13.4. The molecule has 1 amide bonds. The second kappa shape index (κ2) is 9.09. The maximum Gasteiger partial charge on any atom is 0.267 e. The van der Waals surface area contributed by atoms with Crippen LogP contribution in [0, 0.1) is 0 Å². The lowest BCUT2D eigenvalue weighted by molar-refractivity contribution is -0.123. The molecule has 0 radical (unpaired) electrons. The first-order valence-electron chi connectivity index (χ1n) is 9.40. The molecule has 0 aromatic heterocycles. The van der Waals surface area contributed by atoms with Crippen LogP contribution in [0.4, 0.5) is 5.69 Å². The van der Waals surface area contributed by atoms with Gasteiger partial charge in [0.25, 0.3) is 5.91 Å². The SMILES string of the molecule is C[C@@H](c1ccccc1)N1C(=O)/C(=C\c2cccc(Cl)c2Cl)SC1=Nc1ccccc1. The van der Waals surface area contributed by atoms with Crippen molar-refractivity contribution in [2.75, 3.05) is 0 Å². The van der Waals surface area contributed by atoms with Gasteiger partial charge in [0.2, 0.25) is 0 Å². The Balaban J connectivity index is 1.77. The average Bonchev–Trinajstić information content (AvgIpc) is 3.07. The Morgan fingerprint density at radius 1 is 0.933 bits per heavy atom. The van der Waals surface area contributed by atoms with Crippen molar-refractivity contribution in [1.29, 1.82) is 0 Å². The number of hydrogen-bond donors (Lipinski definition) is 0. The Morgan fingerprint density at radius 2 is 1.60 bits per heavy atom. The molecule has 0 bridgehead atoms. The van der Waals surface area contributed by atoms with Crippen molar-refractivity contribution < 1.29 is 4.79 Å². The standard InChI is InChI=1S/C24H18Cl2N2OS/c1-16(17-9-4-2-5-10-17)28-23(29)21(15-18-11-8-14-20(25)22(18)26)30-24(28)27-19-12-6-3-7-13-19/h2-16H,1H3/b21-15+,27-24?/t16-/m0/s1. The van der Waals surface area contributed by atoms with Crippen LogP contribution in [0.2, 0.25) is 10.0 Å². The smallest absolute Gasteiger partial charge is 0.267 e. The molecule has 1 saturated heterocycles. The van der Waals surface area contributed by atoms with Crippen LogP contribution in [-0.2, 0) is 4.79 Å². The van der Waals surface area contributed by atoms with Crippen LogP contribution in [0.15, 0.2) is 88.8 Å². The van der Waals surface area contributed by atoms with Gasteiger partial charge in [-0.2, -0.15) is 0 Å². The molecule has 6 heteroatoms. The number of thioether (sulfide) groups is 1. The highest BCUT2D eigenvalue weighted by molar-refractivity contribution is 8.18. The van der Waals surface area contributed by atoms with E-state index in [1.807, 2.05) is 79.7 Å². The zero-order chi connectivity index (χ0) is 21.1. The zero-order valence-corrected chi connectivity index (χ0v) is 18.5. The van der Waals surface area contributed by atoms with Crippen molar-refractivity contribution in [3.63, 3.8) is 0 Å². The minimum Gasteiger partial charge on any atom is -0.279 e. The predicted octanol–water partition coefficient (Wildman–Crippen LogP) is 7.36. The summed E-state index contributed by atoms with van der Waals surface area (Å²) in [5.41, 5.74) is 2.53. The highest BCUT2D eigenvalue weighted by Crippen LogP contribution is 2.40. The van der Waals surface area contributed by atoms with E-state index in [1.54, 1.807) is 17.0 Å². The van der Waals surface area contributed by atoms with Gasteiger partial charge in [0.05, 0.1) is 26.7 Å². The number of amidine groups is 1. The van der Waals surface area contributed by atoms with Crippen LogP contribution in [-0.4, -0.2) is 16.0 Å². The molecule has 30 heavy (non-hydrogen) atoms. The molecule has 3 nitrogen and oxygen atoms in total. The molecular weight excluding hydrogens is 435 g/mol. The molecular formula is C24H18Cl2N2OS. The molecule has 0 aliphatic carbocycles. The monoisotopic (exact) mass is 452 g/mol. The number of aliphatic imine (C=N–C) groups is 1. The van der Waals surface area contributed by atoms with E-state index in [9.17, 15) is 4.79 Å². The van der Waals surface area contributed by atoms with E-state index in [2.05, 4.69) is 0 Å². The molecule has 0 spiro atoms. The summed E-state index contributed by atoms with van der Waals surface area (Å²) in [6.45, 7) is 2.00. The predicted molar refractivity (Wildman–Crippen MR) is 127 cm³/mol. The second-order valence-corrected chi connectivity index (χ2v) is 8.54. The van der Waals surface area contributed by atoms with Gasteiger partial charge in [-0.1, -0.05) is 83.9 Å². The lowest BCUT2D eigenvalue weighted by Crippen LogP contribution is -2.32. The fourth-order valence-electron chi connectivity index (χ4n) is 3.17. The normalized spacial score (nSPS) is 17.7. The minimum atomic E-state index is -0.172. The number of para-hydroxylation sites is 1. The summed E-state index contributed by atoms with van der Waals surface area (Å²) < 4.78 is 0. The van der Waals surface area contributed by atoms with Crippen molar-refractivity contribution in [3.05, 3.63) is 105 Å². The van der Waals surface area contributed by atoms with Gasteiger partial charge < -0.3 is 0 Å². The molecule has 1 atom stereocenters. The number of halogens is 2. The Kier molecular flexibility index (Phi) is 6.28. The number of benzene rings is 3. The molecule has 1 heterocycles. The third-order valence-corrected chi connectivity index (χ3v) is 6.57. The maximum absolute atomic E-state index is 13.4. The molecule has 4 rings (SSSR count). The first-order chi connectivity index (χ1) is 14.5. The van der Waals surface area contributed by atoms with Crippen LogP contribution >= 0.6 is 35.0 Å². The van der Waals surface area contributed by atoms with E-state index in [1.165, 1.54) is 11.8 Å². The topological polar surface area (TPSA) is 32.7 Å². The largest absolute Gasteiger partial charge is 0.279 e. The second-order valence-electron chi connectivity index (χ2n) is 6.75. The Bertz CT molecular complexity index is 1130. The molecule has 3 aromatic carbocycles. The van der Waals surface area contributed by atoms with E-state index in [4.69, 9.17) is 28.2 Å². The first kappa shape index (κ1) is 20.7. The van der Waals surface area contributed by atoms with Crippen LogP contribution < -0.4 is 0 Å². The van der Waals surface area contributed by atoms with Gasteiger partial charge in [-0.15, -0.1) is 0 Å². The quantitative estimate of drug-likeness (QED) is 0.387.